The van der Waals surface area contributed by atoms with E-state index in [1.54, 1.807) is 18.2 Å². The number of hydrogen-bond acceptors (Lipinski definition) is 5. The fraction of sp³-hybridized carbons (Fsp3) is 0.176. The minimum atomic E-state index is -0.513. The SMILES string of the molecule is COC(=O)c1ccc(Cl)c(NC(=O)c2ccc3c(c2)OCCO3)c1. The highest BCUT2D eigenvalue weighted by atomic mass is 35.5. The monoisotopic (exact) mass is 347 g/mol. The molecule has 3 rings (SSSR count). The van der Waals surface area contributed by atoms with E-state index < -0.39 is 5.97 Å². The lowest BCUT2D eigenvalue weighted by Crippen LogP contribution is -2.17. The van der Waals surface area contributed by atoms with Gasteiger partial charge in [0.25, 0.3) is 5.91 Å². The molecule has 2 aromatic rings. The van der Waals surface area contributed by atoms with E-state index in [2.05, 4.69) is 10.1 Å². The molecule has 1 N–H and O–H groups in total. The number of halogens is 1. The Morgan fingerprint density at radius 1 is 1.04 bits per heavy atom. The van der Waals surface area contributed by atoms with E-state index in [4.69, 9.17) is 21.1 Å². The van der Waals surface area contributed by atoms with Crippen LogP contribution in [0.3, 0.4) is 0 Å². The Labute approximate surface area is 143 Å². The van der Waals surface area contributed by atoms with Crippen molar-refractivity contribution in [3.63, 3.8) is 0 Å². The standard InChI is InChI=1S/C17H14ClNO5/c1-22-17(21)11-2-4-12(18)13(8-11)19-16(20)10-3-5-14-15(9-10)24-7-6-23-14/h2-5,8-9H,6-7H2,1H3,(H,19,20). The molecular weight excluding hydrogens is 334 g/mol. The van der Waals surface area contributed by atoms with Gasteiger partial charge in [0.2, 0.25) is 0 Å². The predicted octanol–water partition coefficient (Wildman–Crippen LogP) is 3.15. The zero-order valence-corrected chi connectivity index (χ0v) is 13.6. The van der Waals surface area contributed by atoms with Crippen molar-refractivity contribution in [2.24, 2.45) is 0 Å². The summed E-state index contributed by atoms with van der Waals surface area (Å²) in [5.41, 5.74) is 0.998. The van der Waals surface area contributed by atoms with Gasteiger partial charge in [-0.3, -0.25) is 4.79 Å². The van der Waals surface area contributed by atoms with Gasteiger partial charge >= 0.3 is 5.97 Å². The van der Waals surface area contributed by atoms with Gasteiger partial charge in [0.15, 0.2) is 11.5 Å². The molecule has 0 radical (unpaired) electrons. The summed E-state index contributed by atoms with van der Waals surface area (Å²) in [4.78, 5) is 24.0. The average molecular weight is 348 g/mol. The van der Waals surface area contributed by atoms with Gasteiger partial charge in [0.05, 0.1) is 23.4 Å². The van der Waals surface area contributed by atoms with Crippen LogP contribution in [-0.2, 0) is 4.74 Å². The van der Waals surface area contributed by atoms with Gasteiger partial charge in [0.1, 0.15) is 13.2 Å². The summed E-state index contributed by atoms with van der Waals surface area (Å²) in [5.74, 6) is 0.226. The zero-order chi connectivity index (χ0) is 17.1. The molecule has 1 aliphatic rings. The molecule has 24 heavy (non-hydrogen) atoms. The van der Waals surface area contributed by atoms with Crippen LogP contribution in [0.15, 0.2) is 36.4 Å². The molecule has 0 fully saturated rings. The first-order valence-electron chi connectivity index (χ1n) is 7.17. The third kappa shape index (κ3) is 3.28. The summed E-state index contributed by atoms with van der Waals surface area (Å²) in [5, 5.41) is 2.99. The summed E-state index contributed by atoms with van der Waals surface area (Å²) >= 11 is 6.08. The number of fused-ring (bicyclic) bond motifs is 1. The normalized spacial score (nSPS) is 12.4. The molecule has 1 aliphatic heterocycles. The summed E-state index contributed by atoms with van der Waals surface area (Å²) < 4.78 is 15.5. The van der Waals surface area contributed by atoms with E-state index in [1.165, 1.54) is 25.3 Å². The van der Waals surface area contributed by atoms with Crippen molar-refractivity contribution in [1.82, 2.24) is 0 Å². The molecule has 2 aromatic carbocycles. The van der Waals surface area contributed by atoms with Crippen molar-refractivity contribution >= 4 is 29.2 Å². The Morgan fingerprint density at radius 2 is 1.75 bits per heavy atom. The maximum absolute atomic E-state index is 12.4. The number of amides is 1. The van der Waals surface area contributed by atoms with Crippen LogP contribution in [0.5, 0.6) is 11.5 Å². The van der Waals surface area contributed by atoms with Crippen LogP contribution >= 0.6 is 11.6 Å². The van der Waals surface area contributed by atoms with Gasteiger partial charge < -0.3 is 19.5 Å². The summed E-state index contributed by atoms with van der Waals surface area (Å²) in [6.07, 6.45) is 0. The van der Waals surface area contributed by atoms with Crippen LogP contribution < -0.4 is 14.8 Å². The van der Waals surface area contributed by atoms with Gasteiger partial charge in [-0.1, -0.05) is 11.6 Å². The lowest BCUT2D eigenvalue weighted by atomic mass is 10.1. The van der Waals surface area contributed by atoms with E-state index in [1.807, 2.05) is 0 Å². The molecule has 0 aromatic heterocycles. The van der Waals surface area contributed by atoms with E-state index in [0.29, 0.717) is 46.5 Å². The minimum absolute atomic E-state index is 0.291. The first-order valence-corrected chi connectivity index (χ1v) is 7.55. The van der Waals surface area contributed by atoms with Crippen molar-refractivity contribution in [3.8, 4) is 11.5 Å². The quantitative estimate of drug-likeness (QED) is 0.863. The first kappa shape index (κ1) is 16.1. The highest BCUT2D eigenvalue weighted by molar-refractivity contribution is 6.34. The van der Waals surface area contributed by atoms with E-state index in [9.17, 15) is 9.59 Å². The molecule has 1 amide bonds. The van der Waals surface area contributed by atoms with Gasteiger partial charge in [-0.2, -0.15) is 0 Å². The van der Waals surface area contributed by atoms with Crippen LogP contribution in [0.25, 0.3) is 0 Å². The highest BCUT2D eigenvalue weighted by Gasteiger charge is 2.16. The molecule has 7 heteroatoms. The second-order valence-corrected chi connectivity index (χ2v) is 5.41. The van der Waals surface area contributed by atoms with E-state index >= 15 is 0 Å². The van der Waals surface area contributed by atoms with Gasteiger partial charge in [-0.25, -0.2) is 4.79 Å². The maximum Gasteiger partial charge on any atom is 0.337 e. The molecule has 0 saturated carbocycles. The largest absolute Gasteiger partial charge is 0.486 e. The number of ether oxygens (including phenoxy) is 3. The molecule has 0 atom stereocenters. The second kappa shape index (κ2) is 6.80. The first-order chi connectivity index (χ1) is 11.6. The van der Waals surface area contributed by atoms with Crippen LogP contribution in [-0.4, -0.2) is 32.2 Å². The van der Waals surface area contributed by atoms with Crippen LogP contribution in [0.4, 0.5) is 5.69 Å². The van der Waals surface area contributed by atoms with Gasteiger partial charge in [-0.15, -0.1) is 0 Å². The fourth-order valence-corrected chi connectivity index (χ4v) is 2.41. The van der Waals surface area contributed by atoms with Crippen molar-refractivity contribution in [1.29, 1.82) is 0 Å². The molecule has 0 aliphatic carbocycles. The average Bonchev–Trinajstić information content (AvgIpc) is 2.62. The number of carbonyl (C=O) groups excluding carboxylic acids is 2. The predicted molar refractivity (Wildman–Crippen MR) is 88.2 cm³/mol. The Morgan fingerprint density at radius 3 is 2.50 bits per heavy atom. The Kier molecular flexibility index (Phi) is 4.57. The molecule has 0 bridgehead atoms. The second-order valence-electron chi connectivity index (χ2n) is 5.00. The summed E-state index contributed by atoms with van der Waals surface area (Å²) in [7, 11) is 1.28. The summed E-state index contributed by atoms with van der Waals surface area (Å²) in [6, 6.07) is 9.41. The maximum atomic E-state index is 12.4. The van der Waals surface area contributed by atoms with Crippen molar-refractivity contribution in [2.45, 2.75) is 0 Å². The smallest absolute Gasteiger partial charge is 0.337 e. The van der Waals surface area contributed by atoms with Crippen molar-refractivity contribution in [3.05, 3.63) is 52.5 Å². The Balaban J connectivity index is 1.83. The molecule has 124 valence electrons. The zero-order valence-electron chi connectivity index (χ0n) is 12.8. The van der Waals surface area contributed by atoms with Crippen LogP contribution in [0.1, 0.15) is 20.7 Å². The van der Waals surface area contributed by atoms with Gasteiger partial charge in [-0.05, 0) is 36.4 Å². The van der Waals surface area contributed by atoms with Crippen molar-refractivity contribution in [2.75, 3.05) is 25.6 Å². The van der Waals surface area contributed by atoms with Crippen LogP contribution in [0, 0.1) is 0 Å². The molecule has 0 saturated heterocycles. The third-order valence-corrected chi connectivity index (χ3v) is 3.77. The number of hydrogen-bond donors (Lipinski definition) is 1. The number of esters is 1. The fourth-order valence-electron chi connectivity index (χ4n) is 2.24. The number of nitrogens with one attached hydrogen (secondary N) is 1. The number of benzene rings is 2. The topological polar surface area (TPSA) is 73.9 Å². The summed E-state index contributed by atoms with van der Waals surface area (Å²) in [6.45, 7) is 0.916. The molecule has 1 heterocycles. The third-order valence-electron chi connectivity index (χ3n) is 3.44. The molecule has 6 nitrogen and oxygen atoms in total. The number of anilines is 1. The van der Waals surface area contributed by atoms with Gasteiger partial charge in [0, 0.05) is 5.56 Å². The minimum Gasteiger partial charge on any atom is -0.486 e. The number of carbonyl (C=O) groups is 2. The Bertz CT molecular complexity index is 806. The van der Waals surface area contributed by atoms with Crippen LogP contribution in [0.2, 0.25) is 5.02 Å². The van der Waals surface area contributed by atoms with Crippen molar-refractivity contribution < 1.29 is 23.8 Å². The highest BCUT2D eigenvalue weighted by Crippen LogP contribution is 2.31. The van der Waals surface area contributed by atoms with E-state index in [-0.39, 0.29) is 5.91 Å². The number of rotatable bonds is 3. The van der Waals surface area contributed by atoms with E-state index in [0.717, 1.165) is 0 Å². The Hall–Kier alpha value is -2.73. The lowest BCUT2D eigenvalue weighted by Gasteiger charge is -2.18. The number of methoxy groups -OCH3 is 1. The molecular formula is C17H14ClNO5. The lowest BCUT2D eigenvalue weighted by molar-refractivity contribution is 0.0600. The molecule has 0 unspecified atom stereocenters. The molecule has 0 spiro atoms.